The SMILES string of the molecule is Fc1cccc(Cl)c1CN[C@@H]1CN2CCC1CC2. The Kier molecular flexibility index (Phi) is 3.55. The van der Waals surface area contributed by atoms with Gasteiger partial charge in [-0.25, -0.2) is 4.39 Å². The predicted molar refractivity (Wildman–Crippen MR) is 71.2 cm³/mol. The Bertz CT molecular complexity index is 410. The van der Waals surface area contributed by atoms with Crippen LogP contribution in [-0.4, -0.2) is 30.6 Å². The third kappa shape index (κ3) is 2.40. The zero-order valence-corrected chi connectivity index (χ0v) is 11.1. The van der Waals surface area contributed by atoms with E-state index in [2.05, 4.69) is 10.2 Å². The van der Waals surface area contributed by atoms with Gasteiger partial charge in [-0.3, -0.25) is 0 Å². The van der Waals surface area contributed by atoms with E-state index in [1.807, 2.05) is 0 Å². The Labute approximate surface area is 112 Å². The second-order valence-corrected chi connectivity index (χ2v) is 5.73. The van der Waals surface area contributed by atoms with Crippen LogP contribution in [0.1, 0.15) is 18.4 Å². The van der Waals surface area contributed by atoms with Gasteiger partial charge < -0.3 is 10.2 Å². The van der Waals surface area contributed by atoms with Crippen molar-refractivity contribution < 1.29 is 4.39 Å². The van der Waals surface area contributed by atoms with Crippen LogP contribution in [0.3, 0.4) is 0 Å². The van der Waals surface area contributed by atoms with Gasteiger partial charge in [0.1, 0.15) is 5.82 Å². The molecule has 3 heterocycles. The molecular weight excluding hydrogens is 251 g/mol. The van der Waals surface area contributed by atoms with Gasteiger partial charge in [0, 0.05) is 29.7 Å². The monoisotopic (exact) mass is 268 g/mol. The first kappa shape index (κ1) is 12.4. The van der Waals surface area contributed by atoms with Gasteiger partial charge in [-0.2, -0.15) is 0 Å². The first-order chi connectivity index (χ1) is 8.74. The lowest BCUT2D eigenvalue weighted by atomic mass is 9.84. The van der Waals surface area contributed by atoms with Gasteiger partial charge in [-0.15, -0.1) is 0 Å². The van der Waals surface area contributed by atoms with Crippen molar-refractivity contribution in [2.75, 3.05) is 19.6 Å². The molecule has 1 atom stereocenters. The maximum absolute atomic E-state index is 13.7. The summed E-state index contributed by atoms with van der Waals surface area (Å²) in [5, 5.41) is 4.00. The van der Waals surface area contributed by atoms with Crippen molar-refractivity contribution in [1.29, 1.82) is 0 Å². The molecule has 0 aromatic heterocycles. The summed E-state index contributed by atoms with van der Waals surface area (Å²) in [7, 11) is 0. The number of nitrogens with zero attached hydrogens (tertiary/aromatic N) is 1. The molecule has 3 aliphatic heterocycles. The zero-order chi connectivity index (χ0) is 12.5. The highest BCUT2D eigenvalue weighted by molar-refractivity contribution is 6.31. The van der Waals surface area contributed by atoms with Crippen LogP contribution in [0.4, 0.5) is 4.39 Å². The van der Waals surface area contributed by atoms with Crippen molar-refractivity contribution >= 4 is 11.6 Å². The van der Waals surface area contributed by atoms with Gasteiger partial charge in [-0.1, -0.05) is 17.7 Å². The number of piperidine rings is 3. The number of benzene rings is 1. The minimum absolute atomic E-state index is 0.212. The molecule has 0 unspecified atom stereocenters. The van der Waals surface area contributed by atoms with Crippen molar-refractivity contribution in [2.24, 2.45) is 5.92 Å². The van der Waals surface area contributed by atoms with E-state index < -0.39 is 0 Å². The van der Waals surface area contributed by atoms with Gasteiger partial charge in [0.25, 0.3) is 0 Å². The number of fused-ring (bicyclic) bond motifs is 3. The Hall–Kier alpha value is -0.640. The van der Waals surface area contributed by atoms with Gasteiger partial charge in [0.2, 0.25) is 0 Å². The molecule has 2 nitrogen and oxygen atoms in total. The maximum Gasteiger partial charge on any atom is 0.129 e. The second kappa shape index (κ2) is 5.16. The zero-order valence-electron chi connectivity index (χ0n) is 10.3. The lowest BCUT2D eigenvalue weighted by Crippen LogP contribution is -2.55. The minimum atomic E-state index is -0.212. The molecule has 0 spiro atoms. The summed E-state index contributed by atoms with van der Waals surface area (Å²) in [6.45, 7) is 4.07. The van der Waals surface area contributed by atoms with E-state index in [0.29, 0.717) is 23.2 Å². The van der Waals surface area contributed by atoms with E-state index in [0.717, 1.165) is 12.5 Å². The standard InChI is InChI=1S/C14H18ClFN2/c15-12-2-1-3-13(16)11(12)8-17-14-9-18-6-4-10(14)5-7-18/h1-3,10,14,17H,4-9H2/t14-/m1/s1. The molecule has 0 saturated carbocycles. The third-order valence-corrected chi connectivity index (χ3v) is 4.61. The normalized spacial score (nSPS) is 30.7. The summed E-state index contributed by atoms with van der Waals surface area (Å²) in [5.41, 5.74) is 0.593. The molecule has 1 aromatic carbocycles. The van der Waals surface area contributed by atoms with Gasteiger partial charge in [0.15, 0.2) is 0 Å². The summed E-state index contributed by atoms with van der Waals surface area (Å²) in [5.74, 6) is 0.539. The number of hydrogen-bond donors (Lipinski definition) is 1. The average molecular weight is 269 g/mol. The number of hydrogen-bond acceptors (Lipinski definition) is 2. The summed E-state index contributed by atoms with van der Waals surface area (Å²) in [6.07, 6.45) is 2.53. The number of nitrogens with one attached hydrogen (secondary N) is 1. The number of rotatable bonds is 3. The summed E-state index contributed by atoms with van der Waals surface area (Å²) < 4.78 is 13.7. The van der Waals surface area contributed by atoms with E-state index in [1.54, 1.807) is 12.1 Å². The predicted octanol–water partition coefficient (Wildman–Crippen LogP) is 2.66. The van der Waals surface area contributed by atoms with Crippen LogP contribution >= 0.6 is 11.6 Å². The van der Waals surface area contributed by atoms with Crippen LogP contribution in [0.25, 0.3) is 0 Å². The summed E-state index contributed by atoms with van der Waals surface area (Å²) >= 11 is 6.04. The Morgan fingerprint density at radius 2 is 2.11 bits per heavy atom. The van der Waals surface area contributed by atoms with Gasteiger partial charge in [0.05, 0.1) is 0 Å². The Morgan fingerprint density at radius 1 is 1.33 bits per heavy atom. The van der Waals surface area contributed by atoms with Crippen molar-refractivity contribution in [3.8, 4) is 0 Å². The van der Waals surface area contributed by atoms with E-state index >= 15 is 0 Å². The molecule has 0 radical (unpaired) electrons. The lowest BCUT2D eigenvalue weighted by molar-refractivity contribution is 0.0719. The van der Waals surface area contributed by atoms with Crippen molar-refractivity contribution in [1.82, 2.24) is 10.2 Å². The molecule has 3 aliphatic rings. The fourth-order valence-corrected chi connectivity index (χ4v) is 3.36. The molecule has 3 fully saturated rings. The van der Waals surface area contributed by atoms with E-state index in [9.17, 15) is 4.39 Å². The molecule has 0 aliphatic carbocycles. The highest BCUT2D eigenvalue weighted by Crippen LogP contribution is 2.28. The van der Waals surface area contributed by atoms with E-state index in [-0.39, 0.29) is 5.82 Å². The van der Waals surface area contributed by atoms with Crippen molar-refractivity contribution in [3.05, 3.63) is 34.6 Å². The van der Waals surface area contributed by atoms with E-state index in [1.165, 1.54) is 32.0 Å². The molecule has 98 valence electrons. The third-order valence-electron chi connectivity index (χ3n) is 4.26. The molecule has 4 rings (SSSR count). The first-order valence-corrected chi connectivity index (χ1v) is 7.00. The average Bonchev–Trinajstić information content (AvgIpc) is 2.39. The molecule has 1 aromatic rings. The van der Waals surface area contributed by atoms with Crippen molar-refractivity contribution in [2.45, 2.75) is 25.4 Å². The topological polar surface area (TPSA) is 15.3 Å². The summed E-state index contributed by atoms with van der Waals surface area (Å²) in [4.78, 5) is 2.49. The molecule has 3 saturated heterocycles. The van der Waals surface area contributed by atoms with Crippen LogP contribution in [0.2, 0.25) is 5.02 Å². The largest absolute Gasteiger partial charge is 0.308 e. The molecule has 2 bridgehead atoms. The molecular formula is C14H18ClFN2. The highest BCUT2D eigenvalue weighted by Gasteiger charge is 2.33. The van der Waals surface area contributed by atoms with Gasteiger partial charge >= 0.3 is 0 Å². The maximum atomic E-state index is 13.7. The Morgan fingerprint density at radius 3 is 2.72 bits per heavy atom. The van der Waals surface area contributed by atoms with Crippen LogP contribution in [0.5, 0.6) is 0 Å². The lowest BCUT2D eigenvalue weighted by Gasteiger charge is -2.45. The molecule has 18 heavy (non-hydrogen) atoms. The second-order valence-electron chi connectivity index (χ2n) is 5.33. The smallest absolute Gasteiger partial charge is 0.129 e. The summed E-state index contributed by atoms with van der Waals surface area (Å²) in [6, 6.07) is 5.36. The highest BCUT2D eigenvalue weighted by atomic mass is 35.5. The quantitative estimate of drug-likeness (QED) is 0.907. The van der Waals surface area contributed by atoms with Gasteiger partial charge in [-0.05, 0) is 44.0 Å². The molecule has 1 N–H and O–H groups in total. The van der Waals surface area contributed by atoms with Crippen LogP contribution in [0.15, 0.2) is 18.2 Å². The van der Waals surface area contributed by atoms with Crippen LogP contribution < -0.4 is 5.32 Å². The molecule has 0 amide bonds. The fourth-order valence-electron chi connectivity index (χ4n) is 3.13. The minimum Gasteiger partial charge on any atom is -0.308 e. The first-order valence-electron chi connectivity index (χ1n) is 6.62. The van der Waals surface area contributed by atoms with E-state index in [4.69, 9.17) is 11.6 Å². The Balaban J connectivity index is 1.64. The van der Waals surface area contributed by atoms with Crippen molar-refractivity contribution in [3.63, 3.8) is 0 Å². The van der Waals surface area contributed by atoms with Crippen LogP contribution in [0, 0.1) is 11.7 Å². The number of halogens is 2. The fraction of sp³-hybridized carbons (Fsp3) is 0.571. The molecule has 4 heteroatoms. The van der Waals surface area contributed by atoms with Crippen LogP contribution in [-0.2, 0) is 6.54 Å².